The van der Waals surface area contributed by atoms with Gasteiger partial charge in [0.25, 0.3) is 0 Å². The van der Waals surface area contributed by atoms with Crippen molar-refractivity contribution >= 4 is 41.0 Å². The van der Waals surface area contributed by atoms with Crippen LogP contribution in [0.4, 0.5) is 20.3 Å². The number of aliphatic hydroxyl groups is 1. The third-order valence-electron chi connectivity index (χ3n) is 3.36. The first-order chi connectivity index (χ1) is 13.6. The largest absolute Gasteiger partial charge is 0.506 e. The molecule has 2 rings (SSSR count). The molecule has 0 aliphatic rings. The summed E-state index contributed by atoms with van der Waals surface area (Å²) in [4.78, 5) is 33.6. The average molecular weight is 427 g/mol. The van der Waals surface area contributed by atoms with Crippen LogP contribution in [0.5, 0.6) is 0 Å². The van der Waals surface area contributed by atoms with Gasteiger partial charge < -0.3 is 9.84 Å². The number of halogens is 3. The number of nitro benzene ring substituents is 1. The van der Waals surface area contributed by atoms with Gasteiger partial charge in [0.1, 0.15) is 28.1 Å². The molecule has 152 valence electrons. The van der Waals surface area contributed by atoms with Crippen molar-refractivity contribution in [1.82, 2.24) is 9.97 Å². The molecule has 1 aromatic heterocycles. The summed E-state index contributed by atoms with van der Waals surface area (Å²) in [6.45, 7) is 2.94. The first-order valence-corrected chi connectivity index (χ1v) is 8.31. The molecular weight excluding hydrogens is 414 g/mol. The highest BCUT2D eigenvalue weighted by Gasteiger charge is 2.24. The monoisotopic (exact) mass is 426 g/mol. The van der Waals surface area contributed by atoms with E-state index in [4.69, 9.17) is 16.3 Å². The van der Waals surface area contributed by atoms with Gasteiger partial charge in [0, 0.05) is 24.4 Å². The Kier molecular flexibility index (Phi) is 6.89. The number of aliphatic imine (C=N–C) groups is 1. The summed E-state index contributed by atoms with van der Waals surface area (Å²) in [5, 5.41) is 21.3. The minimum Gasteiger partial charge on any atom is -0.506 e. The fourth-order valence-electron chi connectivity index (χ4n) is 2.14. The number of aryl methyl sites for hydroxylation is 1. The van der Waals surface area contributed by atoms with Crippen molar-refractivity contribution in [3.8, 4) is 0 Å². The van der Waals surface area contributed by atoms with E-state index >= 15 is 0 Å². The third kappa shape index (κ3) is 5.29. The lowest BCUT2D eigenvalue weighted by molar-refractivity contribution is -0.387. The van der Waals surface area contributed by atoms with E-state index in [-0.39, 0.29) is 29.5 Å². The molecule has 29 heavy (non-hydrogen) atoms. The van der Waals surface area contributed by atoms with Crippen molar-refractivity contribution in [2.75, 3.05) is 6.61 Å². The van der Waals surface area contributed by atoms with Crippen LogP contribution < -0.4 is 0 Å². The van der Waals surface area contributed by atoms with E-state index in [0.29, 0.717) is 6.07 Å². The van der Waals surface area contributed by atoms with Crippen LogP contribution in [-0.2, 0) is 9.53 Å². The third-order valence-corrected chi connectivity index (χ3v) is 3.55. The molecule has 0 radical (unpaired) electrons. The van der Waals surface area contributed by atoms with Gasteiger partial charge in [-0.25, -0.2) is 24.1 Å². The van der Waals surface area contributed by atoms with Crippen LogP contribution in [0.25, 0.3) is 5.76 Å². The molecule has 0 bridgehead atoms. The lowest BCUT2D eigenvalue weighted by Gasteiger charge is -2.08. The summed E-state index contributed by atoms with van der Waals surface area (Å²) < 4.78 is 32.5. The van der Waals surface area contributed by atoms with Crippen LogP contribution in [0, 0.1) is 28.7 Å². The van der Waals surface area contributed by atoms with Crippen LogP contribution in [0.15, 0.2) is 28.8 Å². The molecule has 0 aliphatic heterocycles. The number of hydrogen-bond donors (Lipinski definition) is 1. The highest BCUT2D eigenvalue weighted by molar-refractivity contribution is 6.29. The number of hydrogen-bond acceptors (Lipinski definition) is 8. The van der Waals surface area contributed by atoms with Gasteiger partial charge in [-0.3, -0.25) is 10.1 Å². The molecule has 2 aromatic rings. The van der Waals surface area contributed by atoms with E-state index in [2.05, 4.69) is 15.0 Å². The van der Waals surface area contributed by atoms with E-state index in [1.165, 1.54) is 19.9 Å². The summed E-state index contributed by atoms with van der Waals surface area (Å²) in [6, 6.07) is 1.93. The number of aliphatic hydroxyl groups excluding tert-OH is 1. The Balaban J connectivity index is 2.63. The number of nitro groups is 1. The number of ether oxygens (including phenoxy) is 1. The van der Waals surface area contributed by atoms with E-state index < -0.39 is 45.1 Å². The zero-order chi connectivity index (χ0) is 21.7. The molecule has 0 atom stereocenters. The van der Waals surface area contributed by atoms with Gasteiger partial charge in [-0.05, 0) is 13.8 Å². The van der Waals surface area contributed by atoms with Crippen LogP contribution >= 0.6 is 11.6 Å². The predicted octanol–water partition coefficient (Wildman–Crippen LogP) is 3.86. The Morgan fingerprint density at radius 2 is 2.03 bits per heavy atom. The van der Waals surface area contributed by atoms with Gasteiger partial charge >= 0.3 is 11.7 Å². The summed E-state index contributed by atoms with van der Waals surface area (Å²) >= 11 is 5.79. The fourth-order valence-corrected chi connectivity index (χ4v) is 2.36. The number of carbonyl (C=O) groups excluding carboxylic acids is 1. The Morgan fingerprint density at radius 1 is 1.34 bits per heavy atom. The van der Waals surface area contributed by atoms with Crippen LogP contribution in [0.2, 0.25) is 5.15 Å². The SMILES string of the molecule is CCOC(=O)C(/C=N/c1cc(Cl)nc(C)n1)=C(\O)c1cc([N+](=O)[O-])c(F)cc1F. The molecule has 9 nitrogen and oxygen atoms in total. The van der Waals surface area contributed by atoms with Crippen LogP contribution in [-0.4, -0.2) is 38.8 Å². The van der Waals surface area contributed by atoms with E-state index in [1.807, 2.05) is 0 Å². The van der Waals surface area contributed by atoms with Crippen LogP contribution in [0.1, 0.15) is 18.3 Å². The number of aromatic nitrogens is 2. The number of rotatable bonds is 6. The van der Waals surface area contributed by atoms with Gasteiger partial charge in [-0.2, -0.15) is 4.39 Å². The molecule has 0 amide bonds. The van der Waals surface area contributed by atoms with E-state index in [0.717, 1.165) is 6.21 Å². The smallest absolute Gasteiger partial charge is 0.343 e. The van der Waals surface area contributed by atoms with Gasteiger partial charge in [-0.15, -0.1) is 0 Å². The summed E-state index contributed by atoms with van der Waals surface area (Å²) in [7, 11) is 0. The molecule has 0 saturated heterocycles. The second-order valence-corrected chi connectivity index (χ2v) is 5.76. The van der Waals surface area contributed by atoms with Crippen molar-refractivity contribution in [1.29, 1.82) is 0 Å². The second kappa shape index (κ2) is 9.15. The standard InChI is InChI=1S/C17H13ClF2N4O5/c1-3-29-17(26)10(7-21-15-6-14(18)22-8(2)23-15)16(25)9-4-13(24(27)28)12(20)5-11(9)19/h4-7,25H,3H2,1-2H3/b16-10-,21-7+. The van der Waals surface area contributed by atoms with Crippen LogP contribution in [0.3, 0.4) is 0 Å². The Hall–Kier alpha value is -3.47. The van der Waals surface area contributed by atoms with Crippen molar-refractivity contribution in [2.45, 2.75) is 13.8 Å². The zero-order valence-electron chi connectivity index (χ0n) is 15.0. The Bertz CT molecular complexity index is 1020. The lowest BCUT2D eigenvalue weighted by atomic mass is 10.1. The maximum Gasteiger partial charge on any atom is 0.343 e. The lowest BCUT2D eigenvalue weighted by Crippen LogP contribution is -2.12. The molecule has 0 fully saturated rings. The number of carbonyl (C=O) groups is 1. The normalized spacial score (nSPS) is 12.0. The summed E-state index contributed by atoms with van der Waals surface area (Å²) in [5.41, 5.74) is -2.52. The molecule has 0 spiro atoms. The van der Waals surface area contributed by atoms with Crippen molar-refractivity contribution in [2.24, 2.45) is 4.99 Å². The van der Waals surface area contributed by atoms with E-state index in [1.54, 1.807) is 0 Å². The highest BCUT2D eigenvalue weighted by atomic mass is 35.5. The molecule has 12 heteroatoms. The summed E-state index contributed by atoms with van der Waals surface area (Å²) in [6.07, 6.45) is 0.820. The van der Waals surface area contributed by atoms with E-state index in [9.17, 15) is 28.8 Å². The molecular formula is C17H13ClF2N4O5. The molecule has 0 unspecified atom stereocenters. The maximum atomic E-state index is 14.1. The average Bonchev–Trinajstić information content (AvgIpc) is 2.60. The van der Waals surface area contributed by atoms with Crippen molar-refractivity contribution in [3.05, 3.63) is 62.1 Å². The van der Waals surface area contributed by atoms with Gasteiger partial charge in [-0.1, -0.05) is 11.6 Å². The van der Waals surface area contributed by atoms with Crippen molar-refractivity contribution < 1.29 is 28.3 Å². The topological polar surface area (TPSA) is 128 Å². The molecule has 1 heterocycles. The van der Waals surface area contributed by atoms with Gasteiger partial charge in [0.15, 0.2) is 5.82 Å². The minimum atomic E-state index is -1.44. The first-order valence-electron chi connectivity index (χ1n) is 7.93. The van der Waals surface area contributed by atoms with Crippen molar-refractivity contribution in [3.63, 3.8) is 0 Å². The number of nitrogens with zero attached hydrogens (tertiary/aromatic N) is 4. The van der Waals surface area contributed by atoms with Gasteiger partial charge in [0.05, 0.1) is 17.1 Å². The number of benzene rings is 1. The number of esters is 1. The highest BCUT2D eigenvalue weighted by Crippen LogP contribution is 2.27. The second-order valence-electron chi connectivity index (χ2n) is 5.38. The first kappa shape index (κ1) is 21.8. The minimum absolute atomic E-state index is 0.0163. The Labute approximate surface area is 167 Å². The molecule has 1 aromatic carbocycles. The summed E-state index contributed by atoms with van der Waals surface area (Å²) in [5.74, 6) is -4.62. The Morgan fingerprint density at radius 3 is 2.62 bits per heavy atom. The maximum absolute atomic E-state index is 14.1. The van der Waals surface area contributed by atoms with Gasteiger partial charge in [0.2, 0.25) is 5.82 Å². The zero-order valence-corrected chi connectivity index (χ0v) is 15.8. The predicted molar refractivity (Wildman–Crippen MR) is 99.1 cm³/mol. The quantitative estimate of drug-likeness (QED) is 0.141. The molecule has 0 aliphatic carbocycles. The fraction of sp³-hybridized carbons (Fsp3) is 0.176. The molecule has 1 N–H and O–H groups in total. The molecule has 0 saturated carbocycles.